The predicted octanol–water partition coefficient (Wildman–Crippen LogP) is 1.33. The molecule has 1 fully saturated rings. The third kappa shape index (κ3) is 3.30. The van der Waals surface area contributed by atoms with Crippen LogP contribution in [0.15, 0.2) is 18.2 Å². The summed E-state index contributed by atoms with van der Waals surface area (Å²) < 4.78 is 31.3. The van der Waals surface area contributed by atoms with Gasteiger partial charge in [-0.1, -0.05) is 0 Å². The molecule has 1 aliphatic rings. The standard InChI is InChI=1S/C13H13F2NO4/c14-7-1-3-9(10(15)5-7)12(17)16-6-8-2-4-11(20-8)13(18)19/h1,3,5,8,11H,2,4,6H2,(H,16,17)(H,18,19). The van der Waals surface area contributed by atoms with Gasteiger partial charge in [-0.15, -0.1) is 0 Å². The molecule has 1 aromatic carbocycles. The zero-order valence-corrected chi connectivity index (χ0v) is 10.4. The number of hydrogen-bond acceptors (Lipinski definition) is 3. The zero-order chi connectivity index (χ0) is 14.7. The van der Waals surface area contributed by atoms with Crippen molar-refractivity contribution in [1.82, 2.24) is 5.32 Å². The monoisotopic (exact) mass is 285 g/mol. The molecular formula is C13H13F2NO4. The molecule has 0 radical (unpaired) electrons. The first kappa shape index (κ1) is 14.4. The van der Waals surface area contributed by atoms with Crippen LogP contribution in [-0.4, -0.2) is 35.7 Å². The third-order valence-electron chi connectivity index (χ3n) is 3.05. The van der Waals surface area contributed by atoms with Crippen LogP contribution in [-0.2, 0) is 9.53 Å². The van der Waals surface area contributed by atoms with Crippen molar-refractivity contribution in [3.8, 4) is 0 Å². The number of halogens is 2. The van der Waals surface area contributed by atoms with Crippen molar-refractivity contribution < 1.29 is 28.2 Å². The van der Waals surface area contributed by atoms with Crippen LogP contribution in [0.1, 0.15) is 23.2 Å². The Kier molecular flexibility index (Phi) is 4.29. The van der Waals surface area contributed by atoms with E-state index in [1.165, 1.54) is 0 Å². The molecule has 0 aromatic heterocycles. The molecule has 1 saturated heterocycles. The topological polar surface area (TPSA) is 75.6 Å². The summed E-state index contributed by atoms with van der Waals surface area (Å²) in [4.78, 5) is 22.4. The maximum Gasteiger partial charge on any atom is 0.332 e. The van der Waals surface area contributed by atoms with E-state index in [0.29, 0.717) is 18.9 Å². The van der Waals surface area contributed by atoms with Crippen LogP contribution in [0.5, 0.6) is 0 Å². The van der Waals surface area contributed by atoms with Gasteiger partial charge >= 0.3 is 5.97 Å². The number of carboxylic acids is 1. The summed E-state index contributed by atoms with van der Waals surface area (Å²) in [5, 5.41) is 11.2. The molecule has 2 N–H and O–H groups in total. The molecule has 0 bridgehead atoms. The largest absolute Gasteiger partial charge is 0.479 e. The van der Waals surface area contributed by atoms with Gasteiger partial charge in [0.2, 0.25) is 0 Å². The van der Waals surface area contributed by atoms with Crippen molar-refractivity contribution in [3.05, 3.63) is 35.4 Å². The summed E-state index contributed by atoms with van der Waals surface area (Å²) in [7, 11) is 0. The Hall–Kier alpha value is -2.02. The van der Waals surface area contributed by atoms with Gasteiger partial charge in [0.1, 0.15) is 11.6 Å². The second-order valence-electron chi connectivity index (χ2n) is 4.50. The van der Waals surface area contributed by atoms with Crippen molar-refractivity contribution in [2.24, 2.45) is 0 Å². The zero-order valence-electron chi connectivity index (χ0n) is 10.4. The number of hydrogen-bond donors (Lipinski definition) is 2. The molecule has 1 aromatic rings. The maximum absolute atomic E-state index is 13.4. The fourth-order valence-electron chi connectivity index (χ4n) is 2.01. The van der Waals surface area contributed by atoms with E-state index in [4.69, 9.17) is 9.84 Å². The van der Waals surface area contributed by atoms with Gasteiger partial charge in [-0.3, -0.25) is 4.79 Å². The summed E-state index contributed by atoms with van der Waals surface area (Å²) in [6.07, 6.45) is -0.396. The lowest BCUT2D eigenvalue weighted by Crippen LogP contribution is -2.33. The van der Waals surface area contributed by atoms with Crippen LogP contribution in [0, 0.1) is 11.6 Å². The van der Waals surface area contributed by atoms with Gasteiger partial charge in [-0.05, 0) is 25.0 Å². The van der Waals surface area contributed by atoms with Gasteiger partial charge in [-0.2, -0.15) is 0 Å². The van der Waals surface area contributed by atoms with Crippen molar-refractivity contribution in [2.45, 2.75) is 25.0 Å². The lowest BCUT2D eigenvalue weighted by Gasteiger charge is -2.12. The van der Waals surface area contributed by atoms with Crippen molar-refractivity contribution in [1.29, 1.82) is 0 Å². The number of ether oxygens (including phenoxy) is 1. The van der Waals surface area contributed by atoms with Crippen molar-refractivity contribution >= 4 is 11.9 Å². The molecule has 2 rings (SSSR count). The molecule has 108 valence electrons. The van der Waals surface area contributed by atoms with E-state index in [-0.39, 0.29) is 12.1 Å². The number of nitrogens with one attached hydrogen (secondary N) is 1. The Balaban J connectivity index is 1.88. The van der Waals surface area contributed by atoms with E-state index in [1.54, 1.807) is 0 Å². The van der Waals surface area contributed by atoms with Crippen LogP contribution < -0.4 is 5.32 Å². The molecule has 1 aliphatic heterocycles. The highest BCUT2D eigenvalue weighted by molar-refractivity contribution is 5.94. The second kappa shape index (κ2) is 5.96. The van der Waals surface area contributed by atoms with Gasteiger partial charge < -0.3 is 15.2 Å². The molecule has 7 heteroatoms. The Labute approximate surface area is 113 Å². The lowest BCUT2D eigenvalue weighted by atomic mass is 10.1. The molecule has 2 unspecified atom stereocenters. The lowest BCUT2D eigenvalue weighted by molar-refractivity contribution is -0.149. The molecule has 1 amide bonds. The van der Waals surface area contributed by atoms with Crippen LogP contribution in [0.25, 0.3) is 0 Å². The van der Waals surface area contributed by atoms with E-state index in [1.807, 2.05) is 0 Å². The minimum atomic E-state index is -1.04. The summed E-state index contributed by atoms with van der Waals surface area (Å²) in [6, 6.07) is 2.67. The highest BCUT2D eigenvalue weighted by Gasteiger charge is 2.30. The Morgan fingerprint density at radius 1 is 1.35 bits per heavy atom. The number of rotatable bonds is 4. The first-order valence-electron chi connectivity index (χ1n) is 6.09. The molecule has 0 saturated carbocycles. The van der Waals surface area contributed by atoms with Gasteiger partial charge in [0.15, 0.2) is 6.10 Å². The van der Waals surface area contributed by atoms with E-state index in [9.17, 15) is 18.4 Å². The summed E-state index contributed by atoms with van der Waals surface area (Å²) in [5.74, 6) is -3.44. The molecule has 1 heterocycles. The SMILES string of the molecule is O=C(NCC1CCC(C(=O)O)O1)c1ccc(F)cc1F. The number of carbonyl (C=O) groups excluding carboxylic acids is 1. The number of amides is 1. The van der Waals surface area contributed by atoms with E-state index >= 15 is 0 Å². The predicted molar refractivity (Wildman–Crippen MR) is 64.2 cm³/mol. The quantitative estimate of drug-likeness (QED) is 0.875. The Morgan fingerprint density at radius 2 is 2.10 bits per heavy atom. The second-order valence-corrected chi connectivity index (χ2v) is 4.50. The molecule has 5 nitrogen and oxygen atoms in total. The smallest absolute Gasteiger partial charge is 0.332 e. The number of carboxylic acid groups (broad SMARTS) is 1. The molecular weight excluding hydrogens is 272 g/mol. The fourth-order valence-corrected chi connectivity index (χ4v) is 2.01. The summed E-state index contributed by atoms with van der Waals surface area (Å²) >= 11 is 0. The third-order valence-corrected chi connectivity index (χ3v) is 3.05. The minimum Gasteiger partial charge on any atom is -0.479 e. The van der Waals surface area contributed by atoms with E-state index in [0.717, 1.165) is 12.1 Å². The van der Waals surface area contributed by atoms with Crippen LogP contribution in [0.4, 0.5) is 8.78 Å². The summed E-state index contributed by atoms with van der Waals surface area (Å²) in [5.41, 5.74) is -0.265. The number of benzene rings is 1. The van der Waals surface area contributed by atoms with Crippen LogP contribution in [0.2, 0.25) is 0 Å². The molecule has 0 spiro atoms. The summed E-state index contributed by atoms with van der Waals surface area (Å²) in [6.45, 7) is 0.0828. The van der Waals surface area contributed by atoms with Crippen molar-refractivity contribution in [2.75, 3.05) is 6.54 Å². The number of carbonyl (C=O) groups is 2. The number of aliphatic carboxylic acids is 1. The molecule has 2 atom stereocenters. The maximum atomic E-state index is 13.4. The molecule has 0 aliphatic carbocycles. The Bertz CT molecular complexity index is 535. The highest BCUT2D eigenvalue weighted by atomic mass is 19.1. The van der Waals surface area contributed by atoms with Gasteiger partial charge in [-0.25, -0.2) is 13.6 Å². The highest BCUT2D eigenvalue weighted by Crippen LogP contribution is 2.19. The average Bonchev–Trinajstić information content (AvgIpc) is 2.85. The van der Waals surface area contributed by atoms with Crippen LogP contribution >= 0.6 is 0 Å². The minimum absolute atomic E-state index is 0.0828. The van der Waals surface area contributed by atoms with Gasteiger partial charge in [0.05, 0.1) is 11.7 Å². The first-order chi connectivity index (χ1) is 9.47. The van der Waals surface area contributed by atoms with Crippen LogP contribution in [0.3, 0.4) is 0 Å². The molecule has 20 heavy (non-hydrogen) atoms. The van der Waals surface area contributed by atoms with E-state index in [2.05, 4.69) is 5.32 Å². The van der Waals surface area contributed by atoms with Crippen molar-refractivity contribution in [3.63, 3.8) is 0 Å². The Morgan fingerprint density at radius 3 is 2.70 bits per heavy atom. The average molecular weight is 285 g/mol. The van der Waals surface area contributed by atoms with E-state index < -0.39 is 35.7 Å². The fraction of sp³-hybridized carbons (Fsp3) is 0.385. The normalized spacial score (nSPS) is 21.7. The first-order valence-corrected chi connectivity index (χ1v) is 6.09. The van der Waals surface area contributed by atoms with Gasteiger partial charge in [0, 0.05) is 12.6 Å². The van der Waals surface area contributed by atoms with Gasteiger partial charge in [0.25, 0.3) is 5.91 Å².